The molecule has 1 aliphatic heterocycles. The van der Waals surface area contributed by atoms with Gasteiger partial charge in [0, 0.05) is 17.0 Å². The third-order valence-corrected chi connectivity index (χ3v) is 21.7. The molecule has 0 unspecified atom stereocenters. The van der Waals surface area contributed by atoms with Gasteiger partial charge < -0.3 is 85.3 Å². The van der Waals surface area contributed by atoms with E-state index in [4.69, 9.17) is 75.1 Å². The molecule has 25 nitrogen and oxygen atoms in total. The number of hydrogen-bond acceptors (Lipinski definition) is 24. The molecule has 0 radical (unpaired) electrons. The summed E-state index contributed by atoms with van der Waals surface area (Å²) >= 11 is 0. The molecule has 0 aliphatic carbocycles. The van der Waals surface area contributed by atoms with Gasteiger partial charge in [-0.2, -0.15) is 16.8 Å². The Morgan fingerprint density at radius 2 is 0.541 bits per heavy atom. The Labute approximate surface area is 818 Å². The fourth-order valence-corrected chi connectivity index (χ4v) is 12.7. The SMILES string of the molecule is C.C.C.C.C.C.C.COc1cc(C(C)(C)C)cc(C)c1O.COc1cc(C(C)(C)C)cc([N+](=O)[O-])c1O.COc1cc(C(C)(C)C)ccc1B(O)O.COc1cc(C(C)(C)C)ccc1B1OC(C)(C)C(C)(C)O1.COc1cc(C(C)(C)C)ccc1OS(C)(=O)=O.COc1cc(C(C)(C)C)ccc1OS(C)(=O)=O.COc1ccc(C(C)(C)C)cc1OC.COc1ccc(C(C)(C)C)cc1OC. The van der Waals surface area contributed by atoms with Crippen molar-refractivity contribution in [3.05, 3.63) is 194 Å². The fourth-order valence-electron chi connectivity index (χ4n) is 11.7. The van der Waals surface area contributed by atoms with E-state index in [-0.39, 0.29) is 142 Å². The smallest absolute Gasteiger partial charge is 0.498 e. The predicted octanol–water partition coefficient (Wildman–Crippen LogP) is 24.7. The molecule has 0 atom stereocenters. The molecule has 0 saturated carbocycles. The minimum Gasteiger partial charge on any atom is -0.504 e. The molecule has 1 heterocycles. The average Bonchev–Trinajstić information content (AvgIpc) is 1.62. The van der Waals surface area contributed by atoms with Gasteiger partial charge in [0.15, 0.2) is 63.2 Å². The van der Waals surface area contributed by atoms with Crippen molar-refractivity contribution in [1.29, 1.82) is 0 Å². The maximum absolute atomic E-state index is 11.1. The van der Waals surface area contributed by atoms with Crippen LogP contribution in [0.15, 0.2) is 133 Å². The molecule has 135 heavy (non-hydrogen) atoms. The lowest BCUT2D eigenvalue weighted by Crippen LogP contribution is -2.41. The Kier molecular flexibility index (Phi) is 55.4. The van der Waals surface area contributed by atoms with E-state index in [0.717, 1.165) is 74.5 Å². The predicted molar refractivity (Wildman–Crippen MR) is 565 cm³/mol. The molecule has 8 aromatic rings. The molecule has 1 saturated heterocycles. The number of nitro groups is 1. The molecule has 1 fully saturated rings. The number of phenolic OH excluding ortho intramolecular Hbond substituents is 2. The van der Waals surface area contributed by atoms with E-state index >= 15 is 0 Å². The van der Waals surface area contributed by atoms with Crippen LogP contribution < -0.4 is 66.7 Å². The number of aryl methyl sites for hydroxylation is 1. The minimum atomic E-state index is -3.54. The van der Waals surface area contributed by atoms with Crippen LogP contribution in [0.1, 0.15) is 296 Å². The van der Waals surface area contributed by atoms with Crippen LogP contribution in [0.4, 0.5) is 5.69 Å². The van der Waals surface area contributed by atoms with E-state index in [0.29, 0.717) is 28.5 Å². The Morgan fingerprint density at radius 1 is 0.319 bits per heavy atom. The monoisotopic (exact) mass is 1930 g/mol. The summed E-state index contributed by atoms with van der Waals surface area (Å²) in [4.78, 5) is 10.1. The van der Waals surface area contributed by atoms with Crippen molar-refractivity contribution in [1.82, 2.24) is 0 Å². The second-order valence-electron chi connectivity index (χ2n) is 40.0. The topological polar surface area (TPSA) is 322 Å². The second-order valence-corrected chi connectivity index (χ2v) is 43.1. The Morgan fingerprint density at radius 3 is 0.793 bits per heavy atom. The summed E-state index contributed by atoms with van der Waals surface area (Å²) in [6.45, 7) is 60.6. The fraction of sp³-hybridized carbons (Fsp3) is 0.547. The highest BCUT2D eigenvalue weighted by molar-refractivity contribution is 7.86. The maximum Gasteiger partial charge on any atom is 0.498 e. The number of methoxy groups -OCH3 is 10. The van der Waals surface area contributed by atoms with Crippen molar-refractivity contribution in [3.63, 3.8) is 0 Å². The lowest BCUT2D eigenvalue weighted by atomic mass is 9.76. The van der Waals surface area contributed by atoms with E-state index in [9.17, 15) is 37.2 Å². The van der Waals surface area contributed by atoms with Gasteiger partial charge in [0.1, 0.15) is 11.5 Å². The van der Waals surface area contributed by atoms with Crippen LogP contribution in [-0.2, 0) is 72.9 Å². The van der Waals surface area contributed by atoms with Gasteiger partial charge in [-0.05, 0) is 201 Å². The molecule has 8 aromatic carbocycles. The number of phenols is 2. The van der Waals surface area contributed by atoms with Crippen LogP contribution in [0.25, 0.3) is 0 Å². The van der Waals surface area contributed by atoms with Crippen molar-refractivity contribution in [2.75, 3.05) is 83.6 Å². The largest absolute Gasteiger partial charge is 0.504 e. The molecule has 0 amide bonds. The van der Waals surface area contributed by atoms with Crippen molar-refractivity contribution in [2.24, 2.45) is 0 Å². The maximum atomic E-state index is 11.1. The van der Waals surface area contributed by atoms with Gasteiger partial charge >= 0.3 is 40.2 Å². The van der Waals surface area contributed by atoms with Gasteiger partial charge in [0.25, 0.3) is 0 Å². The first-order valence-corrected chi connectivity index (χ1v) is 45.5. The van der Waals surface area contributed by atoms with Crippen LogP contribution in [0, 0.1) is 17.0 Å². The number of hydrogen-bond donors (Lipinski definition) is 4. The Hall–Kier alpha value is -9.77. The van der Waals surface area contributed by atoms with Crippen LogP contribution in [-0.4, -0.2) is 151 Å². The lowest BCUT2D eigenvalue weighted by Gasteiger charge is -2.32. The summed E-state index contributed by atoms with van der Waals surface area (Å²) in [6.07, 6.45) is 2.01. The molecule has 0 aromatic heterocycles. The zero-order valence-electron chi connectivity index (χ0n) is 84.1. The van der Waals surface area contributed by atoms with Crippen molar-refractivity contribution in [2.45, 2.75) is 307 Å². The van der Waals surface area contributed by atoms with E-state index in [2.05, 4.69) is 203 Å². The van der Waals surface area contributed by atoms with Gasteiger partial charge in [-0.25, -0.2) is 0 Å². The van der Waals surface area contributed by atoms with Crippen LogP contribution in [0.2, 0.25) is 0 Å². The molecular formula is C106H177B2NO24S2. The van der Waals surface area contributed by atoms with Crippen LogP contribution in [0.5, 0.6) is 80.5 Å². The van der Waals surface area contributed by atoms with Gasteiger partial charge in [0.2, 0.25) is 5.75 Å². The number of ether oxygens (including phenoxy) is 10. The van der Waals surface area contributed by atoms with Gasteiger partial charge in [-0.15, -0.1) is 0 Å². The van der Waals surface area contributed by atoms with E-state index in [1.807, 2.05) is 88.4 Å². The highest BCUT2D eigenvalue weighted by atomic mass is 32.2. The van der Waals surface area contributed by atoms with E-state index < -0.39 is 38.0 Å². The number of benzene rings is 8. The first-order valence-electron chi connectivity index (χ1n) is 41.8. The molecule has 29 heteroatoms. The molecule has 9 rings (SSSR count). The number of aromatic hydroxyl groups is 2. The Bertz CT molecular complexity index is 4990. The molecule has 4 N–H and O–H groups in total. The summed E-state index contributed by atoms with van der Waals surface area (Å²) in [5.41, 5.74) is 10.2. The van der Waals surface area contributed by atoms with Gasteiger partial charge in [0.05, 0.1) is 99.7 Å². The first kappa shape index (κ1) is 136. The van der Waals surface area contributed by atoms with Crippen LogP contribution in [0.3, 0.4) is 0 Å². The quantitative estimate of drug-likeness (QED) is 0.0285. The third kappa shape index (κ3) is 42.4. The van der Waals surface area contributed by atoms with Crippen LogP contribution >= 0.6 is 0 Å². The Balaban J connectivity index is -0.000000351. The second kappa shape index (κ2) is 55.0. The zero-order valence-corrected chi connectivity index (χ0v) is 85.7. The highest BCUT2D eigenvalue weighted by Crippen LogP contribution is 2.44. The minimum absolute atomic E-state index is 0. The molecule has 0 bridgehead atoms. The molecular weight excluding hydrogens is 1760 g/mol. The summed E-state index contributed by atoms with van der Waals surface area (Å²) in [5, 5.41) is 48.2. The zero-order chi connectivity index (χ0) is 99.2. The van der Waals surface area contributed by atoms with Gasteiger partial charge in [-0.1, -0.05) is 273 Å². The number of nitrogens with zero attached hydrogens (tertiary/aromatic N) is 1. The first-order chi connectivity index (χ1) is 58.2. The van der Waals surface area contributed by atoms with Gasteiger partial charge in [-0.3, -0.25) is 10.1 Å². The summed E-state index contributed by atoms with van der Waals surface area (Å²) in [6, 6.07) is 41.1. The van der Waals surface area contributed by atoms with E-state index in [1.165, 1.54) is 56.8 Å². The lowest BCUT2D eigenvalue weighted by molar-refractivity contribution is -0.386. The molecule has 1 aliphatic rings. The molecule has 768 valence electrons. The standard InChI is InChI=1S/C17H27BO3.2C12H18O4S.3C12H18O2.C11H17BO3.C11H15NO4.7CH4/c1-15(2,3)12-9-10-13(14(11-12)19-8)18-20-16(4,5)17(6,7)21-18;2*1-12(2,3)9-6-7-10(11(8-9)15-4)16-17(5,13)14;1-8-6-9(12(2,3)4)7-10(14-5)11(8)13;2*1-12(2,3)9-6-7-10(13-4)11(8-9)14-5;1-11(2,3)8-5-6-9(12(13)14)10(7-8)15-4;1-11(2,3)7-5-8(12(14)15)10(13)9(6-7)16-4;;;;;;;/h9-11H,1-8H3;2*6-8H,1-5H3;6-7,13H,1-5H3;2*6-8H,1-5H3;5-7,13-14H,1-4H3;5-6,13H,1-4H3;7*1H4. The number of nitro benzene ring substituents is 1. The average molecular weight is 1940 g/mol. The van der Waals surface area contributed by atoms with Crippen molar-refractivity contribution in [3.8, 4) is 80.5 Å². The number of rotatable bonds is 17. The van der Waals surface area contributed by atoms with Crippen molar-refractivity contribution >= 4 is 51.1 Å². The summed E-state index contributed by atoms with van der Waals surface area (Å²) in [7, 11) is 6.77. The highest BCUT2D eigenvalue weighted by Gasteiger charge is 2.52. The third-order valence-electron chi connectivity index (χ3n) is 20.7. The summed E-state index contributed by atoms with van der Waals surface area (Å²) in [5.74, 6) is 6.21. The normalized spacial score (nSPS) is 12.4. The van der Waals surface area contributed by atoms with E-state index in [1.54, 1.807) is 79.1 Å². The van der Waals surface area contributed by atoms with Crippen molar-refractivity contribution < 1.29 is 107 Å². The molecule has 0 spiro atoms. The summed E-state index contributed by atoms with van der Waals surface area (Å²) < 4.78 is 118.